The number of hydrogen-bond acceptors (Lipinski definition) is 3. The van der Waals surface area contributed by atoms with E-state index in [0.717, 1.165) is 45.4 Å². The third-order valence-corrected chi connectivity index (χ3v) is 7.10. The first-order valence-corrected chi connectivity index (χ1v) is 11.9. The number of anilines is 1. The van der Waals surface area contributed by atoms with Crippen molar-refractivity contribution >= 4 is 23.5 Å². The zero-order valence-corrected chi connectivity index (χ0v) is 19.0. The molecule has 32 heavy (non-hydrogen) atoms. The molecule has 0 fully saturated rings. The minimum absolute atomic E-state index is 0.0476. The van der Waals surface area contributed by atoms with E-state index in [4.69, 9.17) is 5.10 Å². The van der Waals surface area contributed by atoms with Crippen LogP contribution in [0.2, 0.25) is 0 Å². The highest BCUT2D eigenvalue weighted by Gasteiger charge is 2.29. The number of carbonyl (C=O) groups excluding carboxylic acids is 1. The topological polar surface area (TPSA) is 46.9 Å². The Balaban J connectivity index is 1.58. The maximum absolute atomic E-state index is 13.8. The molecule has 0 atom stereocenters. The zero-order valence-electron chi connectivity index (χ0n) is 18.2. The average molecular weight is 440 g/mol. The first kappa shape index (κ1) is 20.6. The molecule has 0 saturated carbocycles. The highest BCUT2D eigenvalue weighted by Crippen LogP contribution is 2.37. The molecule has 0 aliphatic carbocycles. The van der Waals surface area contributed by atoms with Gasteiger partial charge < -0.3 is 5.32 Å². The fourth-order valence-electron chi connectivity index (χ4n) is 4.26. The molecule has 5 heteroatoms. The van der Waals surface area contributed by atoms with Crippen molar-refractivity contribution in [1.82, 2.24) is 9.78 Å². The SMILES string of the molecule is Cc1cccc(-n2nc3c(c2NC(=O)C(c2ccccc2)c2ccccc2)CSC3)c1C. The molecule has 4 nitrogen and oxygen atoms in total. The van der Waals surface area contributed by atoms with E-state index in [1.165, 1.54) is 11.1 Å². The summed E-state index contributed by atoms with van der Waals surface area (Å²) in [5.74, 6) is 2.08. The minimum atomic E-state index is -0.399. The van der Waals surface area contributed by atoms with Gasteiger partial charge in [-0.3, -0.25) is 4.79 Å². The van der Waals surface area contributed by atoms with E-state index in [1.54, 1.807) is 0 Å². The van der Waals surface area contributed by atoms with Crippen LogP contribution in [0.1, 0.15) is 39.4 Å². The highest BCUT2D eigenvalue weighted by molar-refractivity contribution is 7.98. The smallest absolute Gasteiger partial charge is 0.237 e. The van der Waals surface area contributed by atoms with Gasteiger partial charge in [-0.05, 0) is 42.2 Å². The predicted molar refractivity (Wildman–Crippen MR) is 131 cm³/mol. The van der Waals surface area contributed by atoms with Gasteiger partial charge in [0.05, 0.1) is 17.3 Å². The normalized spacial score (nSPS) is 12.7. The van der Waals surface area contributed by atoms with Crippen molar-refractivity contribution in [3.63, 3.8) is 0 Å². The molecule has 0 bridgehead atoms. The summed E-state index contributed by atoms with van der Waals surface area (Å²) in [7, 11) is 0. The Kier molecular flexibility index (Phi) is 5.58. The Hall–Kier alpha value is -3.31. The molecule has 0 unspecified atom stereocenters. The first-order valence-electron chi connectivity index (χ1n) is 10.8. The van der Waals surface area contributed by atoms with Crippen LogP contribution in [0.5, 0.6) is 0 Å². The lowest BCUT2D eigenvalue weighted by atomic mass is 9.90. The Labute approximate surface area is 192 Å². The van der Waals surface area contributed by atoms with Gasteiger partial charge >= 0.3 is 0 Å². The summed E-state index contributed by atoms with van der Waals surface area (Å²) in [5.41, 5.74) is 7.51. The van der Waals surface area contributed by atoms with Crippen LogP contribution in [-0.2, 0) is 16.3 Å². The fraction of sp³-hybridized carbons (Fsp3) is 0.185. The van der Waals surface area contributed by atoms with E-state index in [-0.39, 0.29) is 5.91 Å². The first-order chi connectivity index (χ1) is 15.6. The number of nitrogens with zero attached hydrogens (tertiary/aromatic N) is 2. The number of aromatic nitrogens is 2. The second kappa shape index (κ2) is 8.67. The maximum Gasteiger partial charge on any atom is 0.237 e. The van der Waals surface area contributed by atoms with Gasteiger partial charge in [0.2, 0.25) is 5.91 Å². The maximum atomic E-state index is 13.8. The Morgan fingerprint density at radius 2 is 1.56 bits per heavy atom. The molecule has 1 amide bonds. The third kappa shape index (κ3) is 3.73. The second-order valence-corrected chi connectivity index (χ2v) is 9.13. The number of thioether (sulfide) groups is 1. The van der Waals surface area contributed by atoms with Crippen molar-refractivity contribution < 1.29 is 4.79 Å². The monoisotopic (exact) mass is 439 g/mol. The summed E-state index contributed by atoms with van der Waals surface area (Å²) < 4.78 is 1.93. The molecule has 4 aromatic rings. The van der Waals surface area contributed by atoms with Gasteiger partial charge in [0.15, 0.2) is 0 Å². The van der Waals surface area contributed by atoms with Crippen molar-refractivity contribution in [2.75, 3.05) is 5.32 Å². The van der Waals surface area contributed by atoms with E-state index in [0.29, 0.717) is 0 Å². The lowest BCUT2D eigenvalue weighted by molar-refractivity contribution is -0.116. The molecule has 0 saturated heterocycles. The van der Waals surface area contributed by atoms with Gasteiger partial charge in [0.25, 0.3) is 0 Å². The molecule has 5 rings (SSSR count). The summed E-state index contributed by atoms with van der Waals surface area (Å²) >= 11 is 1.84. The largest absolute Gasteiger partial charge is 0.309 e. The molecule has 1 aromatic heterocycles. The van der Waals surface area contributed by atoms with Crippen molar-refractivity contribution in [2.45, 2.75) is 31.3 Å². The van der Waals surface area contributed by atoms with Gasteiger partial charge in [-0.25, -0.2) is 4.68 Å². The van der Waals surface area contributed by atoms with Crippen LogP contribution < -0.4 is 5.32 Å². The Morgan fingerprint density at radius 1 is 0.906 bits per heavy atom. The Morgan fingerprint density at radius 3 is 2.22 bits per heavy atom. The zero-order chi connectivity index (χ0) is 22.1. The number of carbonyl (C=O) groups is 1. The van der Waals surface area contributed by atoms with Crippen LogP contribution in [0.4, 0.5) is 5.82 Å². The van der Waals surface area contributed by atoms with E-state index < -0.39 is 5.92 Å². The molecule has 2 heterocycles. The van der Waals surface area contributed by atoms with Crippen molar-refractivity contribution in [1.29, 1.82) is 0 Å². The average Bonchev–Trinajstić information content (AvgIpc) is 3.40. The highest BCUT2D eigenvalue weighted by atomic mass is 32.2. The molecule has 1 N–H and O–H groups in total. The van der Waals surface area contributed by atoms with Gasteiger partial charge in [0.1, 0.15) is 5.82 Å². The molecule has 1 aliphatic heterocycles. The van der Waals surface area contributed by atoms with E-state index in [1.807, 2.05) is 83.2 Å². The number of hydrogen-bond donors (Lipinski definition) is 1. The quantitative estimate of drug-likeness (QED) is 0.414. The molecule has 0 spiro atoms. The van der Waals surface area contributed by atoms with E-state index >= 15 is 0 Å². The predicted octanol–water partition coefficient (Wildman–Crippen LogP) is 6.01. The van der Waals surface area contributed by atoms with Crippen LogP contribution >= 0.6 is 11.8 Å². The standard InChI is InChI=1S/C27H25N3OS/c1-18-10-9-15-24(19(18)2)30-26(22-16-32-17-23(22)29-30)28-27(31)25(20-11-5-3-6-12-20)21-13-7-4-8-14-21/h3-15,25H,16-17H2,1-2H3,(H,28,31). The number of rotatable bonds is 5. The van der Waals surface area contributed by atoms with Gasteiger partial charge in [-0.15, -0.1) is 0 Å². The van der Waals surface area contributed by atoms with Crippen LogP contribution in [0, 0.1) is 13.8 Å². The number of nitrogens with one attached hydrogen (secondary N) is 1. The lowest BCUT2D eigenvalue weighted by Gasteiger charge is -2.20. The molecule has 160 valence electrons. The molecule has 0 radical (unpaired) electrons. The summed E-state index contributed by atoms with van der Waals surface area (Å²) in [6.45, 7) is 4.21. The molecule has 3 aromatic carbocycles. The van der Waals surface area contributed by atoms with Gasteiger partial charge in [0, 0.05) is 17.1 Å². The van der Waals surface area contributed by atoms with Crippen LogP contribution in [0.15, 0.2) is 78.9 Å². The minimum Gasteiger partial charge on any atom is -0.309 e. The third-order valence-electron chi connectivity index (χ3n) is 6.13. The number of amides is 1. The molecular formula is C27H25N3OS. The second-order valence-electron chi connectivity index (χ2n) is 8.14. The van der Waals surface area contributed by atoms with Crippen molar-refractivity contribution in [2.24, 2.45) is 0 Å². The fourth-order valence-corrected chi connectivity index (χ4v) is 5.29. The number of fused-ring (bicyclic) bond motifs is 1. The Bertz CT molecular complexity index is 1230. The van der Waals surface area contributed by atoms with Crippen LogP contribution in [-0.4, -0.2) is 15.7 Å². The summed E-state index contributed by atoms with van der Waals surface area (Å²) in [6, 6.07) is 26.1. The van der Waals surface area contributed by atoms with E-state index in [9.17, 15) is 4.79 Å². The number of benzene rings is 3. The number of aryl methyl sites for hydroxylation is 1. The van der Waals surface area contributed by atoms with Gasteiger partial charge in [-0.2, -0.15) is 16.9 Å². The summed E-state index contributed by atoms with van der Waals surface area (Å²) in [5, 5.41) is 8.18. The van der Waals surface area contributed by atoms with Crippen LogP contribution in [0.25, 0.3) is 5.69 Å². The summed E-state index contributed by atoms with van der Waals surface area (Å²) in [4.78, 5) is 13.8. The molecule has 1 aliphatic rings. The van der Waals surface area contributed by atoms with E-state index in [2.05, 4.69) is 31.3 Å². The molecular weight excluding hydrogens is 414 g/mol. The lowest BCUT2D eigenvalue weighted by Crippen LogP contribution is -2.24. The van der Waals surface area contributed by atoms with Crippen LogP contribution in [0.3, 0.4) is 0 Å². The van der Waals surface area contributed by atoms with Crippen molar-refractivity contribution in [3.8, 4) is 5.69 Å². The summed E-state index contributed by atoms with van der Waals surface area (Å²) in [6.07, 6.45) is 0. The van der Waals surface area contributed by atoms with Gasteiger partial charge in [-0.1, -0.05) is 72.8 Å². The van der Waals surface area contributed by atoms with Crippen molar-refractivity contribution in [3.05, 3.63) is 112 Å².